The molecule has 1 aliphatic heterocycles. The lowest BCUT2D eigenvalue weighted by Gasteiger charge is -2.39. The van der Waals surface area contributed by atoms with Gasteiger partial charge in [-0.05, 0) is 92.8 Å². The van der Waals surface area contributed by atoms with Crippen LogP contribution in [0.2, 0.25) is 0 Å². The summed E-state index contributed by atoms with van der Waals surface area (Å²) in [5.41, 5.74) is 8.31. The van der Waals surface area contributed by atoms with Crippen LogP contribution in [0.15, 0.2) is 91.0 Å². The molecule has 0 unspecified atom stereocenters. The number of halogens is 2. The Morgan fingerprint density at radius 1 is 0.638 bits per heavy atom. The number of rotatable bonds is 4. The molecular weight excluding hydrogens is 582 g/mol. The van der Waals surface area contributed by atoms with Crippen molar-refractivity contribution in [3.05, 3.63) is 142 Å². The first-order chi connectivity index (χ1) is 22.2. The summed E-state index contributed by atoms with van der Waals surface area (Å²) < 4.78 is 37.5. The minimum absolute atomic E-state index is 0.00229. The Hall–Kier alpha value is -4.24. The lowest BCUT2D eigenvalue weighted by molar-refractivity contribution is 0.163. The lowest BCUT2D eigenvalue weighted by atomic mass is 9.71. The van der Waals surface area contributed by atoms with Gasteiger partial charge in [0.2, 0.25) is 0 Å². The van der Waals surface area contributed by atoms with Crippen molar-refractivity contribution in [2.24, 2.45) is 0 Å². The molecule has 47 heavy (non-hydrogen) atoms. The van der Waals surface area contributed by atoms with Crippen LogP contribution in [0.4, 0.5) is 8.78 Å². The molecule has 0 aromatic heterocycles. The average molecular weight is 627 g/mol. The second-order valence-electron chi connectivity index (χ2n) is 15.5. The molecule has 0 radical (unpaired) electrons. The third-order valence-electron chi connectivity index (χ3n) is 10.8. The molecule has 7 rings (SSSR count). The summed E-state index contributed by atoms with van der Waals surface area (Å²) in [6, 6.07) is 27.6. The molecule has 2 aliphatic rings. The maximum Gasteiger partial charge on any atom is 0.178 e. The SMILES string of the molecule is CCC1(CC)c2cc(F)ccc2-c2c1c1c(c3cc(F)ccc23)OC(c2ccc(C(C)(C)C)cc2)(c2ccc(C(C)(C)C)cc2)C=C1. The molecule has 0 fully saturated rings. The highest BCUT2D eigenvalue weighted by Gasteiger charge is 2.47. The first kappa shape index (κ1) is 31.4. The number of benzene rings is 5. The molecule has 1 heterocycles. The second kappa shape index (κ2) is 10.6. The minimum Gasteiger partial charge on any atom is -0.472 e. The third-order valence-corrected chi connectivity index (χ3v) is 10.8. The summed E-state index contributed by atoms with van der Waals surface area (Å²) in [6.07, 6.45) is 5.97. The van der Waals surface area contributed by atoms with Crippen LogP contribution in [-0.4, -0.2) is 0 Å². The first-order valence-corrected chi connectivity index (χ1v) is 16.9. The molecule has 240 valence electrons. The fourth-order valence-electron chi connectivity index (χ4n) is 8.05. The molecule has 3 heteroatoms. The largest absolute Gasteiger partial charge is 0.472 e. The van der Waals surface area contributed by atoms with E-state index in [9.17, 15) is 4.39 Å². The van der Waals surface area contributed by atoms with Crippen LogP contribution in [-0.2, 0) is 21.8 Å². The van der Waals surface area contributed by atoms with E-state index in [-0.39, 0.29) is 22.5 Å². The fraction of sp³-hybridized carbons (Fsp3) is 0.318. The molecular formula is C44H44F2O. The molecule has 0 spiro atoms. The van der Waals surface area contributed by atoms with Crippen LogP contribution >= 0.6 is 0 Å². The maximum absolute atomic E-state index is 15.2. The summed E-state index contributed by atoms with van der Waals surface area (Å²) in [5, 5.41) is 1.65. The first-order valence-electron chi connectivity index (χ1n) is 16.9. The van der Waals surface area contributed by atoms with E-state index in [1.807, 2.05) is 12.1 Å². The van der Waals surface area contributed by atoms with Gasteiger partial charge in [0.25, 0.3) is 0 Å². The number of hydrogen-bond donors (Lipinski definition) is 0. The average Bonchev–Trinajstić information content (AvgIpc) is 3.33. The highest BCUT2D eigenvalue weighted by molar-refractivity contribution is 6.08. The van der Waals surface area contributed by atoms with Gasteiger partial charge < -0.3 is 4.74 Å². The van der Waals surface area contributed by atoms with Crippen LogP contribution in [0.25, 0.3) is 28.0 Å². The Morgan fingerprint density at radius 3 is 1.70 bits per heavy atom. The number of ether oxygens (including phenoxy) is 1. The Bertz CT molecular complexity index is 1990. The zero-order valence-electron chi connectivity index (χ0n) is 28.8. The van der Waals surface area contributed by atoms with E-state index in [1.165, 1.54) is 17.2 Å². The van der Waals surface area contributed by atoms with Gasteiger partial charge in [0, 0.05) is 27.5 Å². The monoisotopic (exact) mass is 626 g/mol. The topological polar surface area (TPSA) is 9.23 Å². The number of hydrogen-bond acceptors (Lipinski definition) is 1. The number of fused-ring (bicyclic) bond motifs is 8. The standard InChI is InChI=1S/C44H44F2O/c1-9-43(10-2)37-26-32(46)20-22-34(37)38-33-21-19-31(45)25-36(33)40-35(39(38)43)23-24-44(47-40,29-15-11-27(12-16-29)41(3,4)5)30-17-13-28(14-18-30)42(6,7)8/h11-26H,9-10H2,1-8H3. The highest BCUT2D eigenvalue weighted by Crippen LogP contribution is 2.60. The van der Waals surface area contributed by atoms with E-state index in [0.29, 0.717) is 5.75 Å². The zero-order valence-corrected chi connectivity index (χ0v) is 28.8. The van der Waals surface area contributed by atoms with Crippen LogP contribution in [0.3, 0.4) is 0 Å². The highest BCUT2D eigenvalue weighted by atomic mass is 19.1. The van der Waals surface area contributed by atoms with Gasteiger partial charge in [-0.15, -0.1) is 0 Å². The van der Waals surface area contributed by atoms with Crippen LogP contribution < -0.4 is 4.74 Å². The van der Waals surface area contributed by atoms with Gasteiger partial charge in [-0.3, -0.25) is 0 Å². The molecule has 0 saturated carbocycles. The normalized spacial score (nSPS) is 16.0. The van der Waals surface area contributed by atoms with Gasteiger partial charge >= 0.3 is 0 Å². The Morgan fingerprint density at radius 2 is 1.17 bits per heavy atom. The van der Waals surface area contributed by atoms with Crippen molar-refractivity contribution >= 4 is 16.8 Å². The van der Waals surface area contributed by atoms with E-state index in [4.69, 9.17) is 4.74 Å². The molecule has 1 nitrogen and oxygen atoms in total. The summed E-state index contributed by atoms with van der Waals surface area (Å²) in [7, 11) is 0. The van der Waals surface area contributed by atoms with Gasteiger partial charge in [-0.25, -0.2) is 8.78 Å². The predicted molar refractivity (Wildman–Crippen MR) is 191 cm³/mol. The van der Waals surface area contributed by atoms with Crippen molar-refractivity contribution in [1.29, 1.82) is 0 Å². The molecule has 0 saturated heterocycles. The van der Waals surface area contributed by atoms with Gasteiger partial charge in [0.1, 0.15) is 17.4 Å². The lowest BCUT2D eigenvalue weighted by Crippen LogP contribution is -2.35. The van der Waals surface area contributed by atoms with E-state index in [0.717, 1.165) is 62.6 Å². The van der Waals surface area contributed by atoms with Crippen molar-refractivity contribution < 1.29 is 13.5 Å². The van der Waals surface area contributed by atoms with Crippen LogP contribution in [0, 0.1) is 11.6 Å². The van der Waals surface area contributed by atoms with Gasteiger partial charge in [-0.2, -0.15) is 0 Å². The van der Waals surface area contributed by atoms with Gasteiger partial charge in [0.15, 0.2) is 5.60 Å². The Balaban J connectivity index is 1.54. The van der Waals surface area contributed by atoms with Crippen molar-refractivity contribution in [1.82, 2.24) is 0 Å². The van der Waals surface area contributed by atoms with E-state index in [1.54, 1.807) is 18.2 Å². The van der Waals surface area contributed by atoms with Gasteiger partial charge in [0.05, 0.1) is 0 Å². The van der Waals surface area contributed by atoms with Crippen LogP contribution in [0.1, 0.15) is 107 Å². The fourth-order valence-corrected chi connectivity index (χ4v) is 8.05. The minimum atomic E-state index is -0.952. The van der Waals surface area contributed by atoms with Crippen molar-refractivity contribution in [3.63, 3.8) is 0 Å². The van der Waals surface area contributed by atoms with E-state index < -0.39 is 11.0 Å². The van der Waals surface area contributed by atoms with Crippen LogP contribution in [0.5, 0.6) is 5.75 Å². The zero-order chi connectivity index (χ0) is 33.5. The quantitative estimate of drug-likeness (QED) is 0.193. The maximum atomic E-state index is 15.2. The molecule has 5 aromatic rings. The Kier molecular flexibility index (Phi) is 7.10. The summed E-state index contributed by atoms with van der Waals surface area (Å²) in [4.78, 5) is 0. The molecule has 0 amide bonds. The van der Waals surface area contributed by atoms with Crippen molar-refractivity contribution in [2.45, 2.75) is 90.1 Å². The molecule has 1 aliphatic carbocycles. The third kappa shape index (κ3) is 4.68. The van der Waals surface area contributed by atoms with E-state index in [2.05, 4.69) is 116 Å². The van der Waals surface area contributed by atoms with E-state index >= 15 is 4.39 Å². The Labute approximate surface area is 278 Å². The predicted octanol–water partition coefficient (Wildman–Crippen LogP) is 12.1. The van der Waals surface area contributed by atoms with Crippen molar-refractivity contribution in [2.75, 3.05) is 0 Å². The van der Waals surface area contributed by atoms with Gasteiger partial charge in [-0.1, -0.05) is 122 Å². The molecule has 0 N–H and O–H groups in total. The smallest absolute Gasteiger partial charge is 0.178 e. The molecule has 0 atom stereocenters. The molecule has 0 bridgehead atoms. The molecule has 5 aromatic carbocycles. The summed E-state index contributed by atoms with van der Waals surface area (Å²) in [6.45, 7) is 17.7. The summed E-state index contributed by atoms with van der Waals surface area (Å²) in [5.74, 6) is 0.109. The van der Waals surface area contributed by atoms with Crippen molar-refractivity contribution in [3.8, 4) is 16.9 Å². The summed E-state index contributed by atoms with van der Waals surface area (Å²) >= 11 is 0. The second-order valence-corrected chi connectivity index (χ2v) is 15.5.